The molecule has 0 aliphatic carbocycles. The van der Waals surface area contributed by atoms with Crippen LogP contribution in [0.15, 0.2) is 64.5 Å². The fourth-order valence-electron chi connectivity index (χ4n) is 2.93. The highest BCUT2D eigenvalue weighted by molar-refractivity contribution is 7.98. The van der Waals surface area contributed by atoms with Gasteiger partial charge in [-0.15, -0.1) is 0 Å². The van der Waals surface area contributed by atoms with Gasteiger partial charge in [0.1, 0.15) is 4.70 Å². The summed E-state index contributed by atoms with van der Waals surface area (Å²) in [5.41, 5.74) is 0.800. The largest absolute Gasteiger partial charge is 0.416 e. The first-order valence-corrected chi connectivity index (χ1v) is 10.9. The number of nitrogens with zero attached hydrogens (tertiary/aromatic N) is 3. The Hall–Kier alpha value is -2.43. The normalized spacial score (nSPS) is 11.9. The number of halogens is 3. The van der Waals surface area contributed by atoms with Crippen LogP contribution in [0, 0.1) is 3.95 Å². The topological polar surface area (TPSA) is 39.8 Å². The van der Waals surface area contributed by atoms with Crippen molar-refractivity contribution in [3.63, 3.8) is 0 Å². The quantitative estimate of drug-likeness (QED) is 0.216. The second kappa shape index (κ2) is 8.01. The maximum atomic E-state index is 13.0. The number of para-hydroxylation sites is 1. The molecular weight excluding hydrogens is 451 g/mol. The molecule has 4 aromatic rings. The van der Waals surface area contributed by atoms with Crippen LogP contribution in [-0.2, 0) is 19.0 Å². The maximum Gasteiger partial charge on any atom is 0.416 e. The predicted molar refractivity (Wildman–Crippen MR) is 116 cm³/mol. The van der Waals surface area contributed by atoms with E-state index < -0.39 is 11.7 Å². The Morgan fingerprint density at radius 3 is 2.57 bits per heavy atom. The molecule has 0 atom stereocenters. The highest BCUT2D eigenvalue weighted by atomic mass is 32.2. The van der Waals surface area contributed by atoms with Gasteiger partial charge in [-0.3, -0.25) is 13.9 Å². The third kappa shape index (κ3) is 3.94. The van der Waals surface area contributed by atoms with E-state index in [1.165, 1.54) is 33.7 Å². The number of hydrogen-bond donors (Lipinski definition) is 0. The molecule has 0 bridgehead atoms. The Morgan fingerprint density at radius 2 is 1.87 bits per heavy atom. The van der Waals surface area contributed by atoms with E-state index in [2.05, 4.69) is 4.98 Å². The standard InChI is InChI=1S/C20H14F3N3OS3/c1-25-17(27)15-16(26(19(28)30-15)14-8-3-2-4-9-14)24-18(25)29-11-12-6-5-7-13(10-12)20(21,22)23/h2-10H,11H2,1H3. The fraction of sp³-hybridized carbons (Fsp3) is 0.150. The van der Waals surface area contributed by atoms with Gasteiger partial charge in [0.25, 0.3) is 5.56 Å². The molecule has 10 heteroatoms. The summed E-state index contributed by atoms with van der Waals surface area (Å²) >= 11 is 7.84. The average Bonchev–Trinajstić information content (AvgIpc) is 3.06. The van der Waals surface area contributed by atoms with Crippen molar-refractivity contribution >= 4 is 45.7 Å². The summed E-state index contributed by atoms with van der Waals surface area (Å²) in [4.78, 5) is 17.5. The third-order valence-corrected chi connectivity index (χ3v) is 6.86. The van der Waals surface area contributed by atoms with Crippen molar-refractivity contribution in [2.75, 3.05) is 0 Å². The van der Waals surface area contributed by atoms with Gasteiger partial charge in [0.15, 0.2) is 14.8 Å². The van der Waals surface area contributed by atoms with Crippen molar-refractivity contribution in [2.45, 2.75) is 17.1 Å². The molecule has 0 spiro atoms. The first-order valence-electron chi connectivity index (χ1n) is 8.72. The number of rotatable bonds is 4. The monoisotopic (exact) mass is 465 g/mol. The van der Waals surface area contributed by atoms with Crippen LogP contribution in [-0.4, -0.2) is 14.1 Å². The van der Waals surface area contributed by atoms with Crippen molar-refractivity contribution in [3.05, 3.63) is 80.0 Å². The molecule has 2 aromatic heterocycles. The number of hydrogen-bond acceptors (Lipinski definition) is 5. The van der Waals surface area contributed by atoms with Gasteiger partial charge in [0, 0.05) is 18.5 Å². The molecule has 4 nitrogen and oxygen atoms in total. The van der Waals surface area contributed by atoms with E-state index in [9.17, 15) is 18.0 Å². The molecule has 4 rings (SSSR count). The van der Waals surface area contributed by atoms with E-state index in [1.54, 1.807) is 17.7 Å². The summed E-state index contributed by atoms with van der Waals surface area (Å²) in [5.74, 6) is 0.242. The van der Waals surface area contributed by atoms with Gasteiger partial charge in [-0.25, -0.2) is 4.98 Å². The maximum absolute atomic E-state index is 13.0. The van der Waals surface area contributed by atoms with Gasteiger partial charge < -0.3 is 0 Å². The van der Waals surface area contributed by atoms with Crippen LogP contribution in [0.1, 0.15) is 11.1 Å². The van der Waals surface area contributed by atoms with Gasteiger partial charge in [-0.05, 0) is 36.0 Å². The van der Waals surface area contributed by atoms with Crippen molar-refractivity contribution in [1.29, 1.82) is 0 Å². The Bertz CT molecular complexity index is 1340. The molecule has 0 N–H and O–H groups in total. The van der Waals surface area contributed by atoms with E-state index in [0.29, 0.717) is 25.0 Å². The zero-order valence-electron chi connectivity index (χ0n) is 15.5. The summed E-state index contributed by atoms with van der Waals surface area (Å²) in [7, 11) is 1.60. The SMILES string of the molecule is Cn1c(SCc2cccc(C(F)(F)F)c2)nc2c(sc(=S)n2-c2ccccc2)c1=O. The number of thioether (sulfide) groups is 1. The Labute approximate surface area is 182 Å². The minimum Gasteiger partial charge on any atom is -0.289 e. The first-order chi connectivity index (χ1) is 14.3. The van der Waals surface area contributed by atoms with Crippen LogP contribution in [0.2, 0.25) is 0 Å². The number of fused-ring (bicyclic) bond motifs is 1. The Morgan fingerprint density at radius 1 is 1.13 bits per heavy atom. The van der Waals surface area contributed by atoms with Gasteiger partial charge in [-0.2, -0.15) is 13.2 Å². The molecule has 0 amide bonds. The lowest BCUT2D eigenvalue weighted by atomic mass is 10.1. The zero-order valence-corrected chi connectivity index (χ0v) is 18.0. The molecule has 0 fully saturated rings. The number of thiazole rings is 1. The van der Waals surface area contributed by atoms with Crippen molar-refractivity contribution in [2.24, 2.45) is 7.05 Å². The predicted octanol–water partition coefficient (Wildman–Crippen LogP) is 5.83. The van der Waals surface area contributed by atoms with Crippen LogP contribution < -0.4 is 5.56 Å². The lowest BCUT2D eigenvalue weighted by molar-refractivity contribution is -0.137. The molecule has 2 heterocycles. The van der Waals surface area contributed by atoms with Crippen molar-refractivity contribution < 1.29 is 13.2 Å². The number of aromatic nitrogens is 3. The second-order valence-electron chi connectivity index (χ2n) is 6.44. The molecule has 0 saturated heterocycles. The smallest absolute Gasteiger partial charge is 0.289 e. The lowest BCUT2D eigenvalue weighted by Gasteiger charge is -2.10. The summed E-state index contributed by atoms with van der Waals surface area (Å²) in [5, 5.41) is 0.405. The summed E-state index contributed by atoms with van der Waals surface area (Å²) in [6.07, 6.45) is -4.40. The zero-order chi connectivity index (χ0) is 21.5. The summed E-state index contributed by atoms with van der Waals surface area (Å²) in [6.45, 7) is 0. The molecule has 0 saturated carbocycles. The number of alkyl halides is 3. The molecule has 30 heavy (non-hydrogen) atoms. The van der Waals surface area contributed by atoms with E-state index in [0.717, 1.165) is 17.8 Å². The molecule has 0 aliphatic heterocycles. The van der Waals surface area contributed by atoms with Gasteiger partial charge in [0.05, 0.1) is 5.56 Å². The third-order valence-electron chi connectivity index (χ3n) is 4.41. The first kappa shape index (κ1) is 20.8. The van der Waals surface area contributed by atoms with Crippen LogP contribution in [0.5, 0.6) is 0 Å². The molecule has 0 unspecified atom stereocenters. The van der Waals surface area contributed by atoms with Crippen LogP contribution in [0.4, 0.5) is 13.2 Å². The van der Waals surface area contributed by atoms with Crippen molar-refractivity contribution in [3.8, 4) is 5.69 Å². The van der Waals surface area contributed by atoms with Crippen LogP contribution >= 0.6 is 35.3 Å². The Balaban J connectivity index is 1.75. The summed E-state index contributed by atoms with van der Waals surface area (Å²) < 4.78 is 42.9. The van der Waals surface area contributed by atoms with Gasteiger partial charge in [-0.1, -0.05) is 59.5 Å². The average molecular weight is 466 g/mol. The number of benzene rings is 2. The molecule has 0 radical (unpaired) electrons. The van der Waals surface area contributed by atoms with E-state index in [-0.39, 0.29) is 11.3 Å². The minimum atomic E-state index is -4.40. The minimum absolute atomic E-state index is 0.239. The highest BCUT2D eigenvalue weighted by Crippen LogP contribution is 2.31. The van der Waals surface area contributed by atoms with E-state index >= 15 is 0 Å². The summed E-state index contributed by atoms with van der Waals surface area (Å²) in [6, 6.07) is 14.5. The molecule has 154 valence electrons. The molecule has 0 aliphatic rings. The fourth-order valence-corrected chi connectivity index (χ4v) is 5.19. The van der Waals surface area contributed by atoms with Crippen LogP contribution in [0.3, 0.4) is 0 Å². The van der Waals surface area contributed by atoms with Crippen molar-refractivity contribution in [1.82, 2.24) is 14.1 Å². The van der Waals surface area contributed by atoms with E-state index in [1.807, 2.05) is 30.3 Å². The highest BCUT2D eigenvalue weighted by Gasteiger charge is 2.30. The van der Waals surface area contributed by atoms with Gasteiger partial charge in [0.2, 0.25) is 0 Å². The molecular formula is C20H14F3N3OS3. The van der Waals surface area contributed by atoms with Crippen LogP contribution in [0.25, 0.3) is 16.0 Å². The molecule has 2 aromatic carbocycles. The van der Waals surface area contributed by atoms with E-state index in [4.69, 9.17) is 12.2 Å². The lowest BCUT2D eigenvalue weighted by Crippen LogP contribution is -2.19. The van der Waals surface area contributed by atoms with Gasteiger partial charge >= 0.3 is 6.18 Å². The Kier molecular flexibility index (Phi) is 5.56. The second-order valence-corrected chi connectivity index (χ2v) is 9.02.